The van der Waals surface area contributed by atoms with Gasteiger partial charge in [-0.3, -0.25) is 4.79 Å². The van der Waals surface area contributed by atoms with Crippen molar-refractivity contribution < 1.29 is 9.53 Å². The van der Waals surface area contributed by atoms with Crippen LogP contribution in [0.15, 0.2) is 0 Å². The summed E-state index contributed by atoms with van der Waals surface area (Å²) in [7, 11) is 0. The number of rotatable bonds is 4. The molecule has 0 rings (SSSR count). The lowest BCUT2D eigenvalue weighted by Gasteiger charge is -2.21. The Hall–Kier alpha value is -0.570. The van der Waals surface area contributed by atoms with Crippen molar-refractivity contribution in [2.75, 3.05) is 6.61 Å². The largest absolute Gasteiger partial charge is 0.464 e. The van der Waals surface area contributed by atoms with Crippen LogP contribution in [0.25, 0.3) is 0 Å². The number of carbonyl (C=O) groups excluding carboxylic acids is 1. The molecule has 0 radical (unpaired) electrons. The summed E-state index contributed by atoms with van der Waals surface area (Å²) < 4.78 is 5.13. The van der Waals surface area contributed by atoms with E-state index >= 15 is 0 Å². The highest BCUT2D eigenvalue weighted by atomic mass is 16.5. The molecule has 3 nitrogen and oxygen atoms in total. The summed E-state index contributed by atoms with van der Waals surface area (Å²) in [6, 6.07) is -0.484. The van der Waals surface area contributed by atoms with Crippen LogP contribution in [-0.2, 0) is 9.53 Å². The SMILES string of the molecule is CC[C@@H](C)[C@@H](N)C(=O)OCC(C)(C)C. The molecule has 0 spiro atoms. The van der Waals surface area contributed by atoms with Gasteiger partial charge in [-0.1, -0.05) is 41.0 Å². The Labute approximate surface area is 87.0 Å². The van der Waals surface area contributed by atoms with Crippen molar-refractivity contribution in [2.24, 2.45) is 17.1 Å². The summed E-state index contributed by atoms with van der Waals surface area (Å²) in [5.74, 6) is -0.100. The molecule has 3 heteroatoms. The smallest absolute Gasteiger partial charge is 0.323 e. The summed E-state index contributed by atoms with van der Waals surface area (Å²) in [4.78, 5) is 11.4. The highest BCUT2D eigenvalue weighted by Crippen LogP contribution is 2.14. The average Bonchev–Trinajstić information content (AvgIpc) is 2.10. The Bertz CT molecular complexity index is 184. The predicted octanol–water partition coefficient (Wildman–Crippen LogP) is 1.95. The van der Waals surface area contributed by atoms with Crippen molar-refractivity contribution in [3.05, 3.63) is 0 Å². The third-order valence-electron chi connectivity index (χ3n) is 2.18. The van der Waals surface area contributed by atoms with E-state index in [-0.39, 0.29) is 17.3 Å². The molecule has 84 valence electrons. The van der Waals surface area contributed by atoms with E-state index < -0.39 is 6.04 Å². The van der Waals surface area contributed by atoms with Crippen molar-refractivity contribution >= 4 is 5.97 Å². The van der Waals surface area contributed by atoms with Gasteiger partial charge in [0.15, 0.2) is 0 Å². The van der Waals surface area contributed by atoms with Gasteiger partial charge in [-0.15, -0.1) is 0 Å². The first kappa shape index (κ1) is 13.4. The molecule has 2 atom stereocenters. The second kappa shape index (κ2) is 5.35. The zero-order valence-electron chi connectivity index (χ0n) is 9.96. The van der Waals surface area contributed by atoms with E-state index in [2.05, 4.69) is 0 Å². The molecule has 0 saturated carbocycles. The van der Waals surface area contributed by atoms with Gasteiger partial charge in [0.2, 0.25) is 0 Å². The minimum Gasteiger partial charge on any atom is -0.464 e. The van der Waals surface area contributed by atoms with Crippen molar-refractivity contribution in [3.63, 3.8) is 0 Å². The van der Waals surface area contributed by atoms with Gasteiger partial charge < -0.3 is 10.5 Å². The van der Waals surface area contributed by atoms with Crippen LogP contribution in [0.3, 0.4) is 0 Å². The van der Waals surface area contributed by atoms with Crippen molar-refractivity contribution in [3.8, 4) is 0 Å². The van der Waals surface area contributed by atoms with Gasteiger partial charge in [-0.05, 0) is 11.3 Å². The van der Waals surface area contributed by atoms with Gasteiger partial charge in [0.05, 0.1) is 6.61 Å². The minimum absolute atomic E-state index is 0.00479. The van der Waals surface area contributed by atoms with Crippen LogP contribution in [0, 0.1) is 11.3 Å². The third-order valence-corrected chi connectivity index (χ3v) is 2.18. The normalized spacial score (nSPS) is 16.1. The van der Waals surface area contributed by atoms with Crippen LogP contribution in [0.2, 0.25) is 0 Å². The van der Waals surface area contributed by atoms with Crippen molar-refractivity contribution in [2.45, 2.75) is 47.1 Å². The Balaban J connectivity index is 3.97. The van der Waals surface area contributed by atoms with Gasteiger partial charge in [0, 0.05) is 0 Å². The van der Waals surface area contributed by atoms with Crippen LogP contribution in [0.5, 0.6) is 0 Å². The highest BCUT2D eigenvalue weighted by Gasteiger charge is 2.22. The molecule has 0 aliphatic rings. The summed E-state index contributed by atoms with van der Waals surface area (Å²) in [6.07, 6.45) is 0.895. The zero-order chi connectivity index (χ0) is 11.4. The summed E-state index contributed by atoms with van der Waals surface area (Å²) in [5, 5.41) is 0. The number of hydrogen-bond acceptors (Lipinski definition) is 3. The van der Waals surface area contributed by atoms with E-state index in [9.17, 15) is 4.79 Å². The van der Waals surface area contributed by atoms with Gasteiger partial charge in [-0.25, -0.2) is 0 Å². The average molecular weight is 201 g/mol. The van der Waals surface area contributed by atoms with Gasteiger partial charge in [0.25, 0.3) is 0 Å². The van der Waals surface area contributed by atoms with E-state index in [0.29, 0.717) is 6.61 Å². The first-order valence-electron chi connectivity index (χ1n) is 5.20. The van der Waals surface area contributed by atoms with Crippen LogP contribution >= 0.6 is 0 Å². The third kappa shape index (κ3) is 5.22. The minimum atomic E-state index is -0.484. The number of nitrogens with two attached hydrogens (primary N) is 1. The lowest BCUT2D eigenvalue weighted by Crippen LogP contribution is -2.39. The molecule has 0 aliphatic carbocycles. The van der Waals surface area contributed by atoms with Crippen LogP contribution in [-0.4, -0.2) is 18.6 Å². The fraction of sp³-hybridized carbons (Fsp3) is 0.909. The summed E-state index contributed by atoms with van der Waals surface area (Å²) in [5.41, 5.74) is 5.73. The van der Waals surface area contributed by atoms with Crippen LogP contribution in [0.4, 0.5) is 0 Å². The van der Waals surface area contributed by atoms with Gasteiger partial charge >= 0.3 is 5.97 Å². The predicted molar refractivity (Wildman–Crippen MR) is 57.8 cm³/mol. The molecule has 14 heavy (non-hydrogen) atoms. The maximum Gasteiger partial charge on any atom is 0.323 e. The first-order valence-corrected chi connectivity index (χ1v) is 5.20. The molecule has 0 aromatic rings. The van der Waals surface area contributed by atoms with Crippen LogP contribution in [0.1, 0.15) is 41.0 Å². The molecule has 0 heterocycles. The summed E-state index contributed by atoms with van der Waals surface area (Å²) >= 11 is 0. The summed E-state index contributed by atoms with van der Waals surface area (Å²) in [6.45, 7) is 10.5. The lowest BCUT2D eigenvalue weighted by molar-refractivity contribution is -0.149. The Kier molecular flexibility index (Phi) is 5.13. The van der Waals surface area contributed by atoms with E-state index in [1.165, 1.54) is 0 Å². The van der Waals surface area contributed by atoms with Crippen LogP contribution < -0.4 is 5.73 Å². The van der Waals surface area contributed by atoms with E-state index in [1.807, 2.05) is 34.6 Å². The van der Waals surface area contributed by atoms with E-state index in [0.717, 1.165) is 6.42 Å². The number of esters is 1. The maximum atomic E-state index is 11.4. The molecule has 0 unspecified atom stereocenters. The molecule has 0 saturated heterocycles. The number of hydrogen-bond donors (Lipinski definition) is 1. The zero-order valence-corrected chi connectivity index (χ0v) is 9.96. The molecule has 0 bridgehead atoms. The molecule has 0 aromatic heterocycles. The number of carbonyl (C=O) groups is 1. The molecule has 0 aliphatic heterocycles. The fourth-order valence-electron chi connectivity index (χ4n) is 0.870. The Morgan fingerprint density at radius 2 is 1.93 bits per heavy atom. The molecular weight excluding hydrogens is 178 g/mol. The standard InChI is InChI=1S/C11H23NO2/c1-6-8(2)9(12)10(13)14-7-11(3,4)5/h8-9H,6-7,12H2,1-5H3/t8-,9-/m1/s1. The second-order valence-corrected chi connectivity index (χ2v) is 5.08. The van der Waals surface area contributed by atoms with Crippen molar-refractivity contribution in [1.82, 2.24) is 0 Å². The number of ether oxygens (including phenoxy) is 1. The highest BCUT2D eigenvalue weighted by molar-refractivity contribution is 5.75. The lowest BCUT2D eigenvalue weighted by atomic mass is 9.98. The molecular formula is C11H23NO2. The quantitative estimate of drug-likeness (QED) is 0.707. The van der Waals surface area contributed by atoms with Gasteiger partial charge in [-0.2, -0.15) is 0 Å². The molecule has 0 fully saturated rings. The van der Waals surface area contributed by atoms with E-state index in [1.54, 1.807) is 0 Å². The second-order valence-electron chi connectivity index (χ2n) is 5.08. The topological polar surface area (TPSA) is 52.3 Å². The Morgan fingerprint density at radius 1 is 1.43 bits per heavy atom. The molecule has 0 aromatic carbocycles. The van der Waals surface area contributed by atoms with Crippen molar-refractivity contribution in [1.29, 1.82) is 0 Å². The monoisotopic (exact) mass is 201 g/mol. The fourth-order valence-corrected chi connectivity index (χ4v) is 0.870. The Morgan fingerprint density at radius 3 is 2.29 bits per heavy atom. The van der Waals surface area contributed by atoms with E-state index in [4.69, 9.17) is 10.5 Å². The molecule has 2 N–H and O–H groups in total. The first-order chi connectivity index (χ1) is 6.28. The maximum absolute atomic E-state index is 11.4. The van der Waals surface area contributed by atoms with Gasteiger partial charge in [0.1, 0.15) is 6.04 Å². The molecule has 0 amide bonds.